The number of rotatable bonds is 7. The molecule has 0 N–H and O–H groups in total. The maximum Gasteiger partial charge on any atom is 0.167 e. The van der Waals surface area contributed by atoms with Crippen molar-refractivity contribution in [2.24, 2.45) is 0 Å². The van der Waals surface area contributed by atoms with Crippen LogP contribution < -0.4 is 14.2 Å². The molecule has 4 aromatic carbocycles. The Hall–Kier alpha value is -4.09. The number of hydrogen-bond donors (Lipinski definition) is 0. The van der Waals surface area contributed by atoms with E-state index in [9.17, 15) is 4.79 Å². The first-order valence-electron chi connectivity index (χ1n) is 11.5. The van der Waals surface area contributed by atoms with Gasteiger partial charge >= 0.3 is 0 Å². The predicted octanol–water partition coefficient (Wildman–Crippen LogP) is 7.58. The van der Waals surface area contributed by atoms with Gasteiger partial charge in [0.15, 0.2) is 17.3 Å². The Morgan fingerprint density at radius 1 is 0.806 bits per heavy atom. The van der Waals surface area contributed by atoms with Crippen LogP contribution in [0.2, 0.25) is 5.02 Å². The molecule has 5 rings (SSSR count). The molecule has 1 heterocycles. The number of aromatic nitrogens is 1. The molecule has 36 heavy (non-hydrogen) atoms. The summed E-state index contributed by atoms with van der Waals surface area (Å²) in [7, 11) is 3.19. The van der Waals surface area contributed by atoms with Gasteiger partial charge in [0.2, 0.25) is 0 Å². The van der Waals surface area contributed by atoms with Crippen LogP contribution in [0.1, 0.15) is 21.5 Å². The third kappa shape index (κ3) is 4.45. The standard InChI is InChI=1S/C30H24ClNO4/c1-18-21-5-4-6-23(26(33)15-19-7-9-20(31)10-8-19)22(21)11-12-27(18)36-28-13-14-32-25-17-30(35-3)29(34-2)16-24(25)28/h4-14,16-17H,15H2,1-3H3. The zero-order valence-corrected chi connectivity index (χ0v) is 20.9. The normalized spacial score (nSPS) is 11.0. The lowest BCUT2D eigenvalue weighted by atomic mass is 9.95. The average molecular weight is 498 g/mol. The molecule has 5 aromatic rings. The van der Waals surface area contributed by atoms with E-state index in [2.05, 4.69) is 4.98 Å². The van der Waals surface area contributed by atoms with E-state index < -0.39 is 0 Å². The molecule has 0 spiro atoms. The number of hydrogen-bond acceptors (Lipinski definition) is 5. The first kappa shape index (κ1) is 23.6. The van der Waals surface area contributed by atoms with Crippen LogP contribution in [0.3, 0.4) is 0 Å². The highest BCUT2D eigenvalue weighted by atomic mass is 35.5. The summed E-state index contributed by atoms with van der Waals surface area (Å²) in [5.74, 6) is 2.61. The van der Waals surface area contributed by atoms with Crippen molar-refractivity contribution in [2.75, 3.05) is 14.2 Å². The first-order chi connectivity index (χ1) is 17.5. The molecule has 0 aliphatic heterocycles. The van der Waals surface area contributed by atoms with Crippen LogP contribution in [0.5, 0.6) is 23.0 Å². The molecule has 0 amide bonds. The van der Waals surface area contributed by atoms with E-state index in [1.54, 1.807) is 32.5 Å². The monoisotopic (exact) mass is 497 g/mol. The molecule has 5 nitrogen and oxygen atoms in total. The van der Waals surface area contributed by atoms with Crippen LogP contribution in [0.25, 0.3) is 21.7 Å². The van der Waals surface area contributed by atoms with Gasteiger partial charge in [0.05, 0.1) is 19.7 Å². The summed E-state index contributed by atoms with van der Waals surface area (Å²) < 4.78 is 17.2. The average Bonchev–Trinajstić information content (AvgIpc) is 2.90. The summed E-state index contributed by atoms with van der Waals surface area (Å²) in [6.45, 7) is 2.00. The topological polar surface area (TPSA) is 57.7 Å². The van der Waals surface area contributed by atoms with E-state index in [0.29, 0.717) is 40.0 Å². The molecule has 0 fully saturated rings. The molecule has 0 aliphatic carbocycles. The molecule has 0 unspecified atom stereocenters. The second-order valence-electron chi connectivity index (χ2n) is 8.45. The highest BCUT2D eigenvalue weighted by Crippen LogP contribution is 2.39. The van der Waals surface area contributed by atoms with Crippen LogP contribution in [-0.2, 0) is 6.42 Å². The van der Waals surface area contributed by atoms with Crippen molar-refractivity contribution in [3.05, 3.63) is 101 Å². The van der Waals surface area contributed by atoms with Crippen LogP contribution in [0.4, 0.5) is 0 Å². The van der Waals surface area contributed by atoms with E-state index in [0.717, 1.165) is 32.8 Å². The first-order valence-corrected chi connectivity index (χ1v) is 11.8. The van der Waals surface area contributed by atoms with E-state index in [1.807, 2.05) is 67.6 Å². The number of aryl methyl sites for hydroxylation is 1. The Kier molecular flexibility index (Phi) is 6.49. The molecular formula is C30H24ClNO4. The molecule has 0 radical (unpaired) electrons. The van der Waals surface area contributed by atoms with Crippen molar-refractivity contribution in [3.63, 3.8) is 0 Å². The number of carbonyl (C=O) groups excluding carboxylic acids is 1. The molecule has 0 bridgehead atoms. The SMILES string of the molecule is COc1cc2nccc(Oc3ccc4c(C(=O)Cc5ccc(Cl)cc5)cccc4c3C)c2cc1OC. The summed E-state index contributed by atoms with van der Waals surface area (Å²) in [4.78, 5) is 17.6. The smallest absolute Gasteiger partial charge is 0.167 e. The fourth-order valence-corrected chi connectivity index (χ4v) is 4.51. The molecule has 180 valence electrons. The fraction of sp³-hybridized carbons (Fsp3) is 0.133. The number of nitrogens with zero attached hydrogens (tertiary/aromatic N) is 1. The third-order valence-electron chi connectivity index (χ3n) is 6.29. The minimum atomic E-state index is 0.0529. The maximum absolute atomic E-state index is 13.2. The molecular weight excluding hydrogens is 474 g/mol. The number of Topliss-reactive ketones (excluding diaryl/α,β-unsaturated/α-hetero) is 1. The van der Waals surface area contributed by atoms with Crippen molar-refractivity contribution in [1.82, 2.24) is 4.98 Å². The van der Waals surface area contributed by atoms with Gasteiger partial charge in [0, 0.05) is 34.7 Å². The molecule has 0 saturated carbocycles. The molecule has 1 aromatic heterocycles. The quantitative estimate of drug-likeness (QED) is 0.217. The molecule has 6 heteroatoms. The largest absolute Gasteiger partial charge is 0.493 e. The van der Waals surface area contributed by atoms with Crippen LogP contribution in [0, 0.1) is 6.92 Å². The van der Waals surface area contributed by atoms with Crippen molar-refractivity contribution < 1.29 is 19.0 Å². The maximum atomic E-state index is 13.2. The van der Waals surface area contributed by atoms with Crippen LogP contribution in [0.15, 0.2) is 79.0 Å². The van der Waals surface area contributed by atoms with E-state index in [1.165, 1.54) is 0 Å². The number of fused-ring (bicyclic) bond motifs is 2. The van der Waals surface area contributed by atoms with Gasteiger partial charge in [-0.2, -0.15) is 0 Å². The number of benzene rings is 4. The second-order valence-corrected chi connectivity index (χ2v) is 8.89. The summed E-state index contributed by atoms with van der Waals surface area (Å²) in [5, 5.41) is 3.32. The predicted molar refractivity (Wildman–Crippen MR) is 143 cm³/mol. The van der Waals surface area contributed by atoms with Crippen molar-refractivity contribution in [2.45, 2.75) is 13.3 Å². The summed E-state index contributed by atoms with van der Waals surface area (Å²) in [6.07, 6.45) is 2.01. The van der Waals surface area contributed by atoms with Crippen LogP contribution in [-0.4, -0.2) is 25.0 Å². The highest BCUT2D eigenvalue weighted by Gasteiger charge is 2.16. The Balaban J connectivity index is 1.51. The molecule has 0 aliphatic rings. The minimum Gasteiger partial charge on any atom is -0.493 e. The molecule has 0 saturated heterocycles. The van der Waals surface area contributed by atoms with Crippen molar-refractivity contribution >= 4 is 39.1 Å². The van der Waals surface area contributed by atoms with E-state index >= 15 is 0 Å². The Labute approximate surface area is 214 Å². The van der Waals surface area contributed by atoms with Crippen molar-refractivity contribution in [1.29, 1.82) is 0 Å². The van der Waals surface area contributed by atoms with E-state index in [-0.39, 0.29) is 5.78 Å². The summed E-state index contributed by atoms with van der Waals surface area (Å²) in [6, 6.07) is 22.5. The van der Waals surface area contributed by atoms with Gasteiger partial charge in [0.1, 0.15) is 11.5 Å². The number of halogens is 1. The van der Waals surface area contributed by atoms with Gasteiger partial charge in [-0.15, -0.1) is 0 Å². The zero-order chi connectivity index (χ0) is 25.2. The van der Waals surface area contributed by atoms with Gasteiger partial charge in [-0.05, 0) is 65.2 Å². The lowest BCUT2D eigenvalue weighted by Crippen LogP contribution is -2.04. The number of pyridine rings is 1. The number of methoxy groups -OCH3 is 2. The van der Waals surface area contributed by atoms with Gasteiger partial charge in [-0.1, -0.05) is 41.9 Å². The zero-order valence-electron chi connectivity index (χ0n) is 20.2. The number of ketones is 1. The Morgan fingerprint density at radius 2 is 1.56 bits per heavy atom. The number of ether oxygens (including phenoxy) is 3. The summed E-state index contributed by atoms with van der Waals surface area (Å²) in [5.41, 5.74) is 3.29. The lowest BCUT2D eigenvalue weighted by molar-refractivity contribution is 0.0994. The Bertz CT molecular complexity index is 1600. The highest BCUT2D eigenvalue weighted by molar-refractivity contribution is 6.30. The molecule has 0 atom stereocenters. The second kappa shape index (κ2) is 9.88. The Morgan fingerprint density at radius 3 is 2.31 bits per heavy atom. The minimum absolute atomic E-state index is 0.0529. The van der Waals surface area contributed by atoms with Crippen molar-refractivity contribution in [3.8, 4) is 23.0 Å². The van der Waals surface area contributed by atoms with Crippen LogP contribution >= 0.6 is 11.6 Å². The van der Waals surface area contributed by atoms with E-state index in [4.69, 9.17) is 25.8 Å². The summed E-state index contributed by atoms with van der Waals surface area (Å²) >= 11 is 5.98. The number of carbonyl (C=O) groups is 1. The third-order valence-corrected chi connectivity index (χ3v) is 6.54. The van der Waals surface area contributed by atoms with Gasteiger partial charge < -0.3 is 14.2 Å². The van der Waals surface area contributed by atoms with Gasteiger partial charge in [-0.25, -0.2) is 0 Å². The van der Waals surface area contributed by atoms with Gasteiger partial charge in [-0.3, -0.25) is 9.78 Å². The van der Waals surface area contributed by atoms with Gasteiger partial charge in [0.25, 0.3) is 0 Å². The lowest BCUT2D eigenvalue weighted by Gasteiger charge is -2.15. The fourth-order valence-electron chi connectivity index (χ4n) is 4.38.